The normalized spacial score (nSPS) is 11.4. The van der Waals surface area contributed by atoms with Crippen LogP contribution in [-0.2, 0) is 24.3 Å². The van der Waals surface area contributed by atoms with Gasteiger partial charge >= 0.3 is 5.97 Å². The van der Waals surface area contributed by atoms with Gasteiger partial charge in [-0.1, -0.05) is 0 Å². The number of sulfonamides is 1. The zero-order valence-electron chi connectivity index (χ0n) is 14.6. The topological polar surface area (TPSA) is 91.4 Å². The third-order valence-corrected chi connectivity index (χ3v) is 5.07. The minimum atomic E-state index is -4.33. The molecule has 0 saturated heterocycles. The monoisotopic (exact) mass is 379 g/mol. The Kier molecular flexibility index (Phi) is 8.07. The molecule has 0 bridgehead atoms. The van der Waals surface area contributed by atoms with Crippen molar-refractivity contribution in [3.63, 3.8) is 0 Å². The highest BCUT2D eigenvalue weighted by Gasteiger charge is 2.31. The summed E-state index contributed by atoms with van der Waals surface area (Å²) in [5.41, 5.74) is 0. The number of hydrogen-bond acceptors (Lipinski definition) is 7. The number of methoxy groups -OCH3 is 3. The molecule has 25 heavy (non-hydrogen) atoms. The van der Waals surface area contributed by atoms with E-state index < -0.39 is 33.3 Å². The predicted molar refractivity (Wildman–Crippen MR) is 86.8 cm³/mol. The Bertz CT molecular complexity index is 693. The summed E-state index contributed by atoms with van der Waals surface area (Å²) in [6.07, 6.45) is 0. The van der Waals surface area contributed by atoms with Gasteiger partial charge in [-0.25, -0.2) is 12.8 Å². The number of hydrogen-bond donors (Lipinski definition) is 0. The molecular weight excluding hydrogens is 357 g/mol. The Hall–Kier alpha value is -1.91. The van der Waals surface area contributed by atoms with Crippen LogP contribution in [-0.4, -0.2) is 66.3 Å². The highest BCUT2D eigenvalue weighted by Crippen LogP contribution is 2.33. The molecule has 0 aliphatic carbocycles. The van der Waals surface area contributed by atoms with Crippen molar-refractivity contribution in [1.29, 1.82) is 0 Å². The van der Waals surface area contributed by atoms with Gasteiger partial charge in [-0.05, 0) is 6.92 Å². The number of esters is 1. The van der Waals surface area contributed by atoms with Gasteiger partial charge in [-0.2, -0.15) is 4.31 Å². The minimum absolute atomic E-state index is 0.0214. The van der Waals surface area contributed by atoms with Crippen molar-refractivity contribution in [2.45, 2.75) is 11.8 Å². The van der Waals surface area contributed by atoms with Gasteiger partial charge in [0.05, 0.1) is 27.4 Å². The van der Waals surface area contributed by atoms with E-state index in [0.29, 0.717) is 0 Å². The summed E-state index contributed by atoms with van der Waals surface area (Å²) < 4.78 is 60.3. The summed E-state index contributed by atoms with van der Waals surface area (Å²) in [6, 6.07) is 1.92. The highest BCUT2D eigenvalue weighted by atomic mass is 32.2. The molecule has 0 atom stereocenters. The van der Waals surface area contributed by atoms with E-state index in [1.807, 2.05) is 0 Å². The largest absolute Gasteiger partial charge is 0.493 e. The third-order valence-electron chi connectivity index (χ3n) is 3.21. The number of carbonyl (C=O) groups is 1. The number of nitrogens with zero attached hydrogens (tertiary/aromatic N) is 1. The van der Waals surface area contributed by atoms with Gasteiger partial charge in [0.15, 0.2) is 11.5 Å². The molecule has 0 N–H and O–H groups in total. The van der Waals surface area contributed by atoms with E-state index >= 15 is 0 Å². The summed E-state index contributed by atoms with van der Waals surface area (Å²) in [5, 5.41) is 0. The first kappa shape index (κ1) is 21.1. The zero-order chi connectivity index (χ0) is 19.0. The molecule has 1 aromatic rings. The summed E-state index contributed by atoms with van der Waals surface area (Å²) in [6.45, 7) is 1.01. The van der Waals surface area contributed by atoms with Crippen molar-refractivity contribution in [2.24, 2.45) is 0 Å². The van der Waals surface area contributed by atoms with Gasteiger partial charge in [0.25, 0.3) is 0 Å². The minimum Gasteiger partial charge on any atom is -0.493 e. The van der Waals surface area contributed by atoms with Crippen molar-refractivity contribution in [3.8, 4) is 11.5 Å². The van der Waals surface area contributed by atoms with Crippen molar-refractivity contribution < 1.29 is 36.6 Å². The quantitative estimate of drug-likeness (QED) is 0.561. The lowest BCUT2D eigenvalue weighted by atomic mass is 10.3. The molecular formula is C15H22FNO7S. The standard InChI is InChI=1S/C15H22FNO7S/c1-5-24-15(18)10-17(6-7-21-2)25(19,20)14-9-13(23-4)12(22-3)8-11(14)16/h8-9H,5-7,10H2,1-4H3. The average molecular weight is 379 g/mol. The maximum absolute atomic E-state index is 14.3. The molecule has 0 radical (unpaired) electrons. The van der Waals surface area contributed by atoms with E-state index in [4.69, 9.17) is 18.9 Å². The second-order valence-electron chi connectivity index (χ2n) is 4.77. The van der Waals surface area contributed by atoms with E-state index in [0.717, 1.165) is 16.4 Å². The summed E-state index contributed by atoms with van der Waals surface area (Å²) in [7, 11) is -0.350. The maximum atomic E-state index is 14.3. The van der Waals surface area contributed by atoms with Crippen LogP contribution in [0.1, 0.15) is 6.92 Å². The predicted octanol–water partition coefficient (Wildman–Crippen LogP) is 1.04. The molecule has 8 nitrogen and oxygen atoms in total. The first-order valence-corrected chi connectivity index (χ1v) is 8.82. The summed E-state index contributed by atoms with van der Waals surface area (Å²) >= 11 is 0. The summed E-state index contributed by atoms with van der Waals surface area (Å²) in [4.78, 5) is 11.1. The number of benzene rings is 1. The molecule has 0 aromatic heterocycles. The van der Waals surface area contributed by atoms with Crippen molar-refractivity contribution >= 4 is 16.0 Å². The molecule has 1 aromatic carbocycles. The molecule has 0 saturated carbocycles. The third kappa shape index (κ3) is 5.28. The van der Waals surface area contributed by atoms with Gasteiger partial charge in [0, 0.05) is 25.8 Å². The van der Waals surface area contributed by atoms with Crippen molar-refractivity contribution in [2.75, 3.05) is 47.6 Å². The maximum Gasteiger partial charge on any atom is 0.321 e. The van der Waals surface area contributed by atoms with E-state index in [1.54, 1.807) is 6.92 Å². The van der Waals surface area contributed by atoms with E-state index in [9.17, 15) is 17.6 Å². The SMILES string of the molecule is CCOC(=O)CN(CCOC)S(=O)(=O)c1cc(OC)c(OC)cc1F. The van der Waals surface area contributed by atoms with Crippen molar-refractivity contribution in [1.82, 2.24) is 4.31 Å². The lowest BCUT2D eigenvalue weighted by molar-refractivity contribution is -0.143. The molecule has 0 spiro atoms. The number of carbonyl (C=O) groups excluding carboxylic acids is 1. The Balaban J connectivity index is 3.30. The van der Waals surface area contributed by atoms with Crippen LogP contribution in [0.2, 0.25) is 0 Å². The fourth-order valence-corrected chi connectivity index (χ4v) is 3.43. The fourth-order valence-electron chi connectivity index (χ4n) is 2.00. The van der Waals surface area contributed by atoms with Gasteiger partial charge in [0.2, 0.25) is 10.0 Å². The first-order valence-electron chi connectivity index (χ1n) is 7.38. The lowest BCUT2D eigenvalue weighted by Crippen LogP contribution is -2.39. The molecule has 0 unspecified atom stereocenters. The van der Waals surface area contributed by atoms with Crippen LogP contribution >= 0.6 is 0 Å². The smallest absolute Gasteiger partial charge is 0.321 e. The van der Waals surface area contributed by atoms with E-state index in [1.165, 1.54) is 21.3 Å². The second-order valence-corrected chi connectivity index (χ2v) is 6.68. The lowest BCUT2D eigenvalue weighted by Gasteiger charge is -2.22. The van der Waals surface area contributed by atoms with Gasteiger partial charge < -0.3 is 18.9 Å². The number of ether oxygens (including phenoxy) is 4. The Morgan fingerprint density at radius 2 is 1.76 bits per heavy atom. The van der Waals surface area contributed by atoms with Crippen LogP contribution < -0.4 is 9.47 Å². The zero-order valence-corrected chi connectivity index (χ0v) is 15.4. The molecule has 0 fully saturated rings. The van der Waals surface area contributed by atoms with Gasteiger partial charge in [-0.3, -0.25) is 4.79 Å². The number of halogens is 1. The molecule has 10 heteroatoms. The Morgan fingerprint density at radius 1 is 1.16 bits per heavy atom. The number of rotatable bonds is 10. The van der Waals surface area contributed by atoms with Crippen molar-refractivity contribution in [3.05, 3.63) is 17.9 Å². The molecule has 142 valence electrons. The van der Waals surface area contributed by atoms with Crippen LogP contribution in [0.5, 0.6) is 11.5 Å². The van der Waals surface area contributed by atoms with E-state index in [2.05, 4.69) is 0 Å². The van der Waals surface area contributed by atoms with Gasteiger partial charge in [0.1, 0.15) is 17.3 Å². The molecule has 0 aliphatic heterocycles. The average Bonchev–Trinajstić information content (AvgIpc) is 2.58. The second kappa shape index (κ2) is 9.54. The van der Waals surface area contributed by atoms with Crippen LogP contribution in [0.25, 0.3) is 0 Å². The first-order chi connectivity index (χ1) is 11.8. The van der Waals surface area contributed by atoms with Crippen LogP contribution in [0.4, 0.5) is 4.39 Å². The Morgan fingerprint density at radius 3 is 2.28 bits per heavy atom. The molecule has 0 aliphatic rings. The van der Waals surface area contributed by atoms with Crippen LogP contribution in [0.15, 0.2) is 17.0 Å². The highest BCUT2D eigenvalue weighted by molar-refractivity contribution is 7.89. The molecule has 0 amide bonds. The molecule has 0 heterocycles. The molecule has 1 rings (SSSR count). The Labute approximate surface area is 146 Å². The van der Waals surface area contributed by atoms with Gasteiger partial charge in [-0.15, -0.1) is 0 Å². The van der Waals surface area contributed by atoms with E-state index in [-0.39, 0.29) is 31.3 Å². The fraction of sp³-hybridized carbons (Fsp3) is 0.533. The van der Waals surface area contributed by atoms with Crippen LogP contribution in [0.3, 0.4) is 0 Å². The summed E-state index contributed by atoms with van der Waals surface area (Å²) in [5.74, 6) is -1.68. The van der Waals surface area contributed by atoms with Crippen LogP contribution in [0, 0.1) is 5.82 Å².